The first-order valence-corrected chi connectivity index (χ1v) is 5.62. The number of nitrogens with one attached hydrogen (secondary N) is 2. The number of hydrogen-bond donors (Lipinski definition) is 2. The van der Waals surface area contributed by atoms with Crippen LogP contribution in [0.5, 0.6) is 0 Å². The molecule has 16 heavy (non-hydrogen) atoms. The second kappa shape index (κ2) is 4.61. The molecule has 0 spiro atoms. The number of amides is 1. The number of nitrogens with zero attached hydrogens (tertiary/aromatic N) is 1. The van der Waals surface area contributed by atoms with Gasteiger partial charge in [-0.3, -0.25) is 4.79 Å². The Morgan fingerprint density at radius 3 is 2.81 bits per heavy atom. The van der Waals surface area contributed by atoms with Gasteiger partial charge in [0.2, 0.25) is 5.91 Å². The summed E-state index contributed by atoms with van der Waals surface area (Å²) < 4.78 is 0. The molecule has 0 aromatic carbocycles. The van der Waals surface area contributed by atoms with E-state index in [2.05, 4.69) is 15.6 Å². The summed E-state index contributed by atoms with van der Waals surface area (Å²) in [7, 11) is 0. The van der Waals surface area contributed by atoms with Crippen molar-refractivity contribution < 1.29 is 4.79 Å². The largest absolute Gasteiger partial charge is 0.310 e. The monoisotopic (exact) mass is 219 g/mol. The topological polar surface area (TPSA) is 54.0 Å². The van der Waals surface area contributed by atoms with Crippen LogP contribution in [0.2, 0.25) is 0 Å². The summed E-state index contributed by atoms with van der Waals surface area (Å²) in [5.74, 6) is 0.615. The van der Waals surface area contributed by atoms with Crippen molar-refractivity contribution in [2.45, 2.75) is 32.7 Å². The highest BCUT2D eigenvalue weighted by Crippen LogP contribution is 2.18. The zero-order valence-electron chi connectivity index (χ0n) is 9.71. The number of aromatic nitrogens is 1. The molecule has 0 unspecified atom stereocenters. The molecule has 4 heteroatoms. The van der Waals surface area contributed by atoms with E-state index in [1.807, 2.05) is 26.0 Å². The van der Waals surface area contributed by atoms with E-state index in [1.165, 1.54) is 12.8 Å². The smallest absolute Gasteiger partial charge is 0.239 e. The molecule has 1 fully saturated rings. The van der Waals surface area contributed by atoms with Crippen molar-refractivity contribution in [3.05, 3.63) is 23.4 Å². The molecule has 1 amide bonds. The van der Waals surface area contributed by atoms with Crippen LogP contribution in [0.25, 0.3) is 0 Å². The van der Waals surface area contributed by atoms with Gasteiger partial charge < -0.3 is 10.6 Å². The summed E-state index contributed by atoms with van der Waals surface area (Å²) in [6.45, 7) is 4.29. The van der Waals surface area contributed by atoms with Gasteiger partial charge in [0.1, 0.15) is 5.82 Å². The summed E-state index contributed by atoms with van der Waals surface area (Å²) in [5.41, 5.74) is 2.03. The summed E-state index contributed by atoms with van der Waals surface area (Å²) in [5, 5.41) is 5.96. The molecule has 1 aliphatic rings. The van der Waals surface area contributed by atoms with Crippen molar-refractivity contribution in [2.24, 2.45) is 0 Å². The first kappa shape index (κ1) is 11.1. The van der Waals surface area contributed by atoms with E-state index in [1.54, 1.807) is 0 Å². The van der Waals surface area contributed by atoms with Crippen molar-refractivity contribution in [3.8, 4) is 0 Å². The Morgan fingerprint density at radius 2 is 2.19 bits per heavy atom. The van der Waals surface area contributed by atoms with Gasteiger partial charge in [0.25, 0.3) is 0 Å². The van der Waals surface area contributed by atoms with E-state index >= 15 is 0 Å². The van der Waals surface area contributed by atoms with Gasteiger partial charge >= 0.3 is 0 Å². The number of anilines is 1. The maximum atomic E-state index is 11.6. The quantitative estimate of drug-likeness (QED) is 0.804. The van der Waals surface area contributed by atoms with Crippen LogP contribution in [0.1, 0.15) is 24.1 Å². The molecular formula is C12H17N3O. The van der Waals surface area contributed by atoms with E-state index in [-0.39, 0.29) is 5.91 Å². The third kappa shape index (κ3) is 3.31. The third-order valence-electron chi connectivity index (χ3n) is 2.49. The van der Waals surface area contributed by atoms with E-state index in [9.17, 15) is 4.79 Å². The van der Waals surface area contributed by atoms with E-state index < -0.39 is 0 Å². The Hall–Kier alpha value is -1.42. The average molecular weight is 219 g/mol. The lowest BCUT2D eigenvalue weighted by Crippen LogP contribution is -2.29. The summed E-state index contributed by atoms with van der Waals surface area (Å²) >= 11 is 0. The molecule has 0 saturated heterocycles. The van der Waals surface area contributed by atoms with Gasteiger partial charge in [-0.15, -0.1) is 0 Å². The van der Waals surface area contributed by atoms with Crippen LogP contribution in [-0.2, 0) is 4.79 Å². The molecule has 4 nitrogen and oxygen atoms in total. The minimum absolute atomic E-state index is 0.0237. The standard InChI is InChI=1S/C12H17N3O/c1-8-5-9(2)14-11(6-8)15-12(16)7-13-10-3-4-10/h5-6,10,13H,3-4,7H2,1-2H3,(H,14,15,16). The van der Waals surface area contributed by atoms with Crippen LogP contribution in [0.15, 0.2) is 12.1 Å². The van der Waals surface area contributed by atoms with Gasteiger partial charge in [0.05, 0.1) is 6.54 Å². The summed E-state index contributed by atoms with van der Waals surface area (Å²) in [4.78, 5) is 15.8. The second-order valence-corrected chi connectivity index (χ2v) is 4.37. The van der Waals surface area contributed by atoms with Crippen LogP contribution < -0.4 is 10.6 Å². The SMILES string of the molecule is Cc1cc(C)nc(NC(=O)CNC2CC2)c1. The highest BCUT2D eigenvalue weighted by molar-refractivity contribution is 5.91. The fraction of sp³-hybridized carbons (Fsp3) is 0.500. The number of hydrogen-bond acceptors (Lipinski definition) is 3. The minimum Gasteiger partial charge on any atom is -0.310 e. The van der Waals surface area contributed by atoms with Crippen LogP contribution in [0.3, 0.4) is 0 Å². The maximum Gasteiger partial charge on any atom is 0.239 e. The molecule has 1 heterocycles. The lowest BCUT2D eigenvalue weighted by Gasteiger charge is -2.07. The normalized spacial score (nSPS) is 14.9. The average Bonchev–Trinajstić information content (AvgIpc) is 2.96. The second-order valence-electron chi connectivity index (χ2n) is 4.37. The number of aryl methyl sites for hydroxylation is 2. The Kier molecular flexibility index (Phi) is 3.19. The minimum atomic E-state index is -0.0237. The Balaban J connectivity index is 1.88. The van der Waals surface area contributed by atoms with Gasteiger partial charge in [0.15, 0.2) is 0 Å². The van der Waals surface area contributed by atoms with Crippen molar-refractivity contribution >= 4 is 11.7 Å². The third-order valence-corrected chi connectivity index (χ3v) is 2.49. The molecule has 0 radical (unpaired) electrons. The number of rotatable bonds is 4. The molecule has 2 rings (SSSR count). The fourth-order valence-electron chi connectivity index (χ4n) is 1.62. The Labute approximate surface area is 95.5 Å². The van der Waals surface area contributed by atoms with E-state index in [0.29, 0.717) is 18.4 Å². The predicted octanol–water partition coefficient (Wildman–Crippen LogP) is 1.39. The highest BCUT2D eigenvalue weighted by Gasteiger charge is 2.21. The molecule has 1 aliphatic carbocycles. The molecule has 1 aromatic rings. The number of carbonyl (C=O) groups excluding carboxylic acids is 1. The van der Waals surface area contributed by atoms with Gasteiger partial charge in [-0.05, 0) is 44.4 Å². The van der Waals surface area contributed by atoms with Crippen molar-refractivity contribution in [2.75, 3.05) is 11.9 Å². The molecule has 0 bridgehead atoms. The molecule has 2 N–H and O–H groups in total. The number of pyridine rings is 1. The Bertz CT molecular complexity index is 379. The lowest BCUT2D eigenvalue weighted by molar-refractivity contribution is -0.115. The molecular weight excluding hydrogens is 202 g/mol. The first-order valence-electron chi connectivity index (χ1n) is 5.62. The van der Waals surface area contributed by atoms with E-state index in [0.717, 1.165) is 11.3 Å². The highest BCUT2D eigenvalue weighted by atomic mass is 16.2. The van der Waals surface area contributed by atoms with Crippen LogP contribution in [0, 0.1) is 13.8 Å². The van der Waals surface area contributed by atoms with Crippen molar-refractivity contribution in [1.29, 1.82) is 0 Å². The van der Waals surface area contributed by atoms with Gasteiger partial charge in [-0.2, -0.15) is 0 Å². The van der Waals surface area contributed by atoms with Gasteiger partial charge in [-0.1, -0.05) is 0 Å². The molecule has 1 saturated carbocycles. The van der Waals surface area contributed by atoms with Crippen molar-refractivity contribution in [3.63, 3.8) is 0 Å². The van der Waals surface area contributed by atoms with Crippen LogP contribution in [0.4, 0.5) is 5.82 Å². The molecule has 1 aromatic heterocycles. The van der Waals surface area contributed by atoms with Crippen molar-refractivity contribution in [1.82, 2.24) is 10.3 Å². The maximum absolute atomic E-state index is 11.6. The number of carbonyl (C=O) groups is 1. The molecule has 0 aliphatic heterocycles. The van der Waals surface area contributed by atoms with Crippen LogP contribution in [-0.4, -0.2) is 23.5 Å². The Morgan fingerprint density at radius 1 is 1.44 bits per heavy atom. The predicted molar refractivity (Wildman–Crippen MR) is 63.4 cm³/mol. The lowest BCUT2D eigenvalue weighted by atomic mass is 10.2. The molecule has 0 atom stereocenters. The zero-order valence-corrected chi connectivity index (χ0v) is 9.71. The molecule has 86 valence electrons. The fourth-order valence-corrected chi connectivity index (χ4v) is 1.62. The summed E-state index contributed by atoms with van der Waals surface area (Å²) in [6.07, 6.45) is 2.38. The first-order chi connectivity index (χ1) is 7.63. The van der Waals surface area contributed by atoms with E-state index in [4.69, 9.17) is 0 Å². The van der Waals surface area contributed by atoms with Crippen LogP contribution >= 0.6 is 0 Å². The summed E-state index contributed by atoms with van der Waals surface area (Å²) in [6, 6.07) is 4.41. The van der Waals surface area contributed by atoms with Gasteiger partial charge in [0, 0.05) is 11.7 Å². The van der Waals surface area contributed by atoms with Gasteiger partial charge in [-0.25, -0.2) is 4.98 Å². The zero-order chi connectivity index (χ0) is 11.5.